The highest BCUT2D eigenvalue weighted by atomic mass is 16.7. The number of nitrogens with one attached hydrogen (secondary N) is 1. The van der Waals surface area contributed by atoms with Gasteiger partial charge < -0.3 is 9.47 Å². The molecule has 1 aromatic heterocycles. The van der Waals surface area contributed by atoms with Crippen molar-refractivity contribution in [1.82, 2.24) is 15.1 Å². The fourth-order valence-corrected chi connectivity index (χ4v) is 3.50. The fourth-order valence-electron chi connectivity index (χ4n) is 3.50. The molecule has 0 aliphatic carbocycles. The summed E-state index contributed by atoms with van der Waals surface area (Å²) in [5.74, 6) is 2.29. The van der Waals surface area contributed by atoms with Gasteiger partial charge in [0.05, 0.1) is 6.20 Å². The number of rotatable bonds is 3. The summed E-state index contributed by atoms with van der Waals surface area (Å²) in [5.41, 5.74) is 3.86. The Morgan fingerprint density at radius 1 is 1.32 bits per heavy atom. The molecule has 1 aromatic carbocycles. The quantitative estimate of drug-likeness (QED) is 0.947. The first-order valence-electron chi connectivity index (χ1n) is 7.90. The van der Waals surface area contributed by atoms with Gasteiger partial charge in [-0.3, -0.25) is 10.00 Å². The van der Waals surface area contributed by atoms with Gasteiger partial charge in [0, 0.05) is 24.7 Å². The number of likely N-dealkylation sites (tertiary alicyclic amines) is 1. The standard InChI is InChI=1S/C17H21N3O2/c1-12-8-18-19-17(12)14-3-2-6-20(10-14)9-13-4-5-15-16(7-13)22-11-21-15/h4-5,7-8,14H,2-3,6,9-11H2,1H3,(H,18,19). The third-order valence-electron chi connectivity index (χ3n) is 4.62. The molecule has 1 unspecified atom stereocenters. The molecule has 4 rings (SSSR count). The maximum Gasteiger partial charge on any atom is 0.231 e. The minimum Gasteiger partial charge on any atom is -0.454 e. The number of piperidine rings is 1. The molecule has 2 aromatic rings. The summed E-state index contributed by atoms with van der Waals surface area (Å²) >= 11 is 0. The number of hydrogen-bond acceptors (Lipinski definition) is 4. The van der Waals surface area contributed by atoms with Crippen LogP contribution in [0, 0.1) is 6.92 Å². The number of hydrogen-bond donors (Lipinski definition) is 1. The molecule has 0 saturated carbocycles. The van der Waals surface area contributed by atoms with Crippen LogP contribution in [0.4, 0.5) is 0 Å². The van der Waals surface area contributed by atoms with Gasteiger partial charge in [-0.2, -0.15) is 5.10 Å². The number of aromatic nitrogens is 2. The molecule has 5 heteroatoms. The molecule has 2 aliphatic rings. The van der Waals surface area contributed by atoms with Crippen molar-refractivity contribution in [2.24, 2.45) is 0 Å². The van der Waals surface area contributed by atoms with Crippen molar-refractivity contribution >= 4 is 0 Å². The van der Waals surface area contributed by atoms with Gasteiger partial charge in [0.2, 0.25) is 6.79 Å². The van der Waals surface area contributed by atoms with Gasteiger partial charge in [0.25, 0.3) is 0 Å². The van der Waals surface area contributed by atoms with Gasteiger partial charge in [-0.05, 0) is 49.6 Å². The lowest BCUT2D eigenvalue weighted by Crippen LogP contribution is -2.34. The molecule has 3 heterocycles. The number of aromatic amines is 1. The SMILES string of the molecule is Cc1cn[nH]c1C1CCCN(Cc2ccc3c(c2)OCO3)C1. The zero-order chi connectivity index (χ0) is 14.9. The van der Waals surface area contributed by atoms with Crippen LogP contribution in [0.5, 0.6) is 11.5 Å². The first kappa shape index (κ1) is 13.6. The zero-order valence-corrected chi connectivity index (χ0v) is 12.8. The van der Waals surface area contributed by atoms with Crippen LogP contribution < -0.4 is 9.47 Å². The van der Waals surface area contributed by atoms with Gasteiger partial charge in [0.15, 0.2) is 11.5 Å². The van der Waals surface area contributed by atoms with Gasteiger partial charge in [-0.1, -0.05) is 6.07 Å². The Kier molecular flexibility index (Phi) is 3.50. The van der Waals surface area contributed by atoms with Gasteiger partial charge in [0.1, 0.15) is 0 Å². The average Bonchev–Trinajstić information content (AvgIpc) is 3.15. The molecule has 5 nitrogen and oxygen atoms in total. The molecule has 1 atom stereocenters. The predicted octanol–water partition coefficient (Wildman–Crippen LogP) is 2.83. The minimum atomic E-state index is 0.337. The van der Waals surface area contributed by atoms with E-state index in [1.807, 2.05) is 12.3 Å². The zero-order valence-electron chi connectivity index (χ0n) is 12.8. The van der Waals surface area contributed by atoms with E-state index in [0.29, 0.717) is 12.7 Å². The summed E-state index contributed by atoms with van der Waals surface area (Å²) < 4.78 is 10.8. The molecule has 1 fully saturated rings. The van der Waals surface area contributed by atoms with E-state index < -0.39 is 0 Å². The van der Waals surface area contributed by atoms with Crippen LogP contribution in [-0.2, 0) is 6.54 Å². The second-order valence-electron chi connectivity index (χ2n) is 6.23. The Labute approximate surface area is 130 Å². The van der Waals surface area contributed by atoms with E-state index in [1.165, 1.54) is 29.7 Å². The van der Waals surface area contributed by atoms with E-state index in [0.717, 1.165) is 31.1 Å². The van der Waals surface area contributed by atoms with E-state index in [2.05, 4.69) is 34.2 Å². The summed E-state index contributed by atoms with van der Waals surface area (Å²) in [6.07, 6.45) is 4.39. The smallest absolute Gasteiger partial charge is 0.231 e. The lowest BCUT2D eigenvalue weighted by Gasteiger charge is -2.32. The van der Waals surface area contributed by atoms with Crippen LogP contribution in [0.15, 0.2) is 24.4 Å². The topological polar surface area (TPSA) is 50.4 Å². The Hall–Kier alpha value is -2.01. The number of benzene rings is 1. The number of nitrogens with zero attached hydrogens (tertiary/aromatic N) is 2. The molecule has 2 aliphatic heterocycles. The lowest BCUT2D eigenvalue weighted by molar-refractivity contribution is 0.173. The average molecular weight is 299 g/mol. The van der Waals surface area contributed by atoms with Gasteiger partial charge >= 0.3 is 0 Å². The van der Waals surface area contributed by atoms with Gasteiger partial charge in [-0.15, -0.1) is 0 Å². The van der Waals surface area contributed by atoms with E-state index in [-0.39, 0.29) is 0 Å². The third-order valence-corrected chi connectivity index (χ3v) is 4.62. The molecule has 0 radical (unpaired) electrons. The van der Waals surface area contributed by atoms with E-state index >= 15 is 0 Å². The Morgan fingerprint density at radius 3 is 3.09 bits per heavy atom. The first-order chi connectivity index (χ1) is 10.8. The number of H-pyrrole nitrogens is 1. The molecule has 0 bridgehead atoms. The Balaban J connectivity index is 1.45. The predicted molar refractivity (Wildman–Crippen MR) is 83.1 cm³/mol. The molecule has 0 amide bonds. The first-order valence-corrected chi connectivity index (χ1v) is 7.90. The fraction of sp³-hybridized carbons (Fsp3) is 0.471. The van der Waals surface area contributed by atoms with Gasteiger partial charge in [-0.25, -0.2) is 0 Å². The Bertz CT molecular complexity index is 668. The summed E-state index contributed by atoms with van der Waals surface area (Å²) in [5, 5.41) is 7.35. The number of ether oxygens (including phenoxy) is 2. The monoisotopic (exact) mass is 299 g/mol. The summed E-state index contributed by atoms with van der Waals surface area (Å²) in [6, 6.07) is 6.25. The minimum absolute atomic E-state index is 0.337. The van der Waals surface area contributed by atoms with Crippen LogP contribution >= 0.6 is 0 Å². The lowest BCUT2D eigenvalue weighted by atomic mass is 9.92. The van der Waals surface area contributed by atoms with Crippen LogP contribution in [0.25, 0.3) is 0 Å². The highest BCUT2D eigenvalue weighted by Crippen LogP contribution is 2.34. The normalized spacial score (nSPS) is 21.2. The second kappa shape index (κ2) is 5.65. The van der Waals surface area contributed by atoms with Crippen LogP contribution in [-0.4, -0.2) is 35.0 Å². The number of aryl methyl sites for hydroxylation is 1. The van der Waals surface area contributed by atoms with Crippen LogP contribution in [0.1, 0.15) is 35.6 Å². The maximum atomic E-state index is 5.47. The van der Waals surface area contributed by atoms with E-state index in [1.54, 1.807) is 0 Å². The van der Waals surface area contributed by atoms with Crippen LogP contribution in [0.3, 0.4) is 0 Å². The molecule has 0 spiro atoms. The van der Waals surface area contributed by atoms with Crippen molar-refractivity contribution in [1.29, 1.82) is 0 Å². The van der Waals surface area contributed by atoms with Crippen LogP contribution in [0.2, 0.25) is 0 Å². The van der Waals surface area contributed by atoms with E-state index in [4.69, 9.17) is 9.47 Å². The van der Waals surface area contributed by atoms with E-state index in [9.17, 15) is 0 Å². The molecule has 22 heavy (non-hydrogen) atoms. The molecule has 1 N–H and O–H groups in total. The largest absolute Gasteiger partial charge is 0.454 e. The molecular weight excluding hydrogens is 278 g/mol. The van der Waals surface area contributed by atoms with Crippen molar-refractivity contribution in [3.05, 3.63) is 41.2 Å². The maximum absolute atomic E-state index is 5.47. The Morgan fingerprint density at radius 2 is 2.23 bits per heavy atom. The van der Waals surface area contributed by atoms with Crippen molar-refractivity contribution < 1.29 is 9.47 Å². The third kappa shape index (κ3) is 2.57. The molecular formula is C17H21N3O2. The summed E-state index contributed by atoms with van der Waals surface area (Å²) in [6.45, 7) is 5.66. The highest BCUT2D eigenvalue weighted by molar-refractivity contribution is 5.44. The highest BCUT2D eigenvalue weighted by Gasteiger charge is 2.24. The second-order valence-corrected chi connectivity index (χ2v) is 6.23. The summed E-state index contributed by atoms with van der Waals surface area (Å²) in [7, 11) is 0. The number of fused-ring (bicyclic) bond motifs is 1. The van der Waals surface area contributed by atoms with Crippen molar-refractivity contribution in [3.8, 4) is 11.5 Å². The summed E-state index contributed by atoms with van der Waals surface area (Å²) in [4.78, 5) is 2.52. The van der Waals surface area contributed by atoms with Crippen molar-refractivity contribution in [3.63, 3.8) is 0 Å². The molecule has 116 valence electrons. The van der Waals surface area contributed by atoms with Crippen molar-refractivity contribution in [2.45, 2.75) is 32.2 Å². The van der Waals surface area contributed by atoms with Crippen molar-refractivity contribution in [2.75, 3.05) is 19.9 Å². The molecule has 1 saturated heterocycles.